The Kier molecular flexibility index (Phi) is 4.94. The van der Waals surface area contributed by atoms with Crippen LogP contribution in [0.5, 0.6) is 0 Å². The maximum absolute atomic E-state index is 13.7. The van der Waals surface area contributed by atoms with E-state index >= 15 is 0 Å². The van der Waals surface area contributed by atoms with Crippen LogP contribution in [0.2, 0.25) is 0 Å². The van der Waals surface area contributed by atoms with Crippen LogP contribution in [0, 0.1) is 19.3 Å². The second kappa shape index (κ2) is 7.65. The first kappa shape index (κ1) is 20.0. The van der Waals surface area contributed by atoms with E-state index in [2.05, 4.69) is 22.1 Å². The molecule has 1 aromatic heterocycles. The first-order valence-electron chi connectivity index (χ1n) is 11.1. The molecule has 2 aromatic carbocycles. The van der Waals surface area contributed by atoms with Crippen molar-refractivity contribution in [1.29, 1.82) is 0 Å². The lowest BCUT2D eigenvalue weighted by Gasteiger charge is -2.36. The maximum Gasteiger partial charge on any atom is 0.254 e. The van der Waals surface area contributed by atoms with Gasteiger partial charge in [0.15, 0.2) is 0 Å². The number of carbonyl (C=O) groups is 1. The van der Waals surface area contributed by atoms with Gasteiger partial charge in [0.1, 0.15) is 0 Å². The maximum atomic E-state index is 13.7. The van der Waals surface area contributed by atoms with Crippen LogP contribution < -0.4 is 0 Å². The van der Waals surface area contributed by atoms with E-state index < -0.39 is 0 Å². The van der Waals surface area contributed by atoms with Crippen LogP contribution in [0.3, 0.4) is 0 Å². The third-order valence-corrected chi connectivity index (χ3v) is 7.15. The zero-order chi connectivity index (χ0) is 21.6. The van der Waals surface area contributed by atoms with Crippen molar-refractivity contribution in [2.45, 2.75) is 51.6 Å². The monoisotopic (exact) mass is 415 g/mol. The molecule has 2 aliphatic heterocycles. The van der Waals surface area contributed by atoms with Crippen molar-refractivity contribution in [3.63, 3.8) is 0 Å². The highest BCUT2D eigenvalue weighted by atomic mass is 16.3. The van der Waals surface area contributed by atoms with Gasteiger partial charge in [-0.1, -0.05) is 36.4 Å². The van der Waals surface area contributed by atoms with Crippen LogP contribution >= 0.6 is 0 Å². The molecule has 5 nitrogen and oxygen atoms in total. The predicted octanol–water partition coefficient (Wildman–Crippen LogP) is 4.09. The topological polar surface area (TPSA) is 58.4 Å². The normalized spacial score (nSPS) is 24.7. The van der Waals surface area contributed by atoms with E-state index in [0.717, 1.165) is 42.8 Å². The number of aliphatic hydroxyl groups excluding tert-OH is 1. The average molecular weight is 416 g/mol. The fourth-order valence-corrected chi connectivity index (χ4v) is 5.83. The molecular weight excluding hydrogens is 386 g/mol. The quantitative estimate of drug-likeness (QED) is 0.683. The van der Waals surface area contributed by atoms with E-state index in [0.29, 0.717) is 5.56 Å². The van der Waals surface area contributed by atoms with Crippen molar-refractivity contribution < 1.29 is 9.90 Å². The highest BCUT2D eigenvalue weighted by Gasteiger charge is 2.57. The lowest BCUT2D eigenvalue weighted by molar-refractivity contribution is 0.0571. The first-order valence-corrected chi connectivity index (χ1v) is 11.1. The number of aliphatic hydroxyl groups is 1. The zero-order valence-corrected chi connectivity index (χ0v) is 18.2. The van der Waals surface area contributed by atoms with Crippen molar-refractivity contribution in [2.75, 3.05) is 6.61 Å². The molecule has 0 spiro atoms. The fraction of sp³-hybridized carbons (Fsp3) is 0.385. The van der Waals surface area contributed by atoms with Gasteiger partial charge in [-0.2, -0.15) is 5.10 Å². The minimum absolute atomic E-state index is 0.0688. The van der Waals surface area contributed by atoms with Crippen LogP contribution in [0.25, 0.3) is 5.69 Å². The van der Waals surface area contributed by atoms with Gasteiger partial charge in [-0.05, 0) is 69.4 Å². The number of hydrogen-bond acceptors (Lipinski definition) is 3. The van der Waals surface area contributed by atoms with Gasteiger partial charge in [0.2, 0.25) is 0 Å². The van der Waals surface area contributed by atoms with Gasteiger partial charge in [-0.15, -0.1) is 0 Å². The van der Waals surface area contributed by atoms with Crippen LogP contribution in [0.15, 0.2) is 60.7 Å². The summed E-state index contributed by atoms with van der Waals surface area (Å²) in [7, 11) is 0. The van der Waals surface area contributed by atoms with E-state index in [9.17, 15) is 9.90 Å². The van der Waals surface area contributed by atoms with Crippen molar-refractivity contribution in [1.82, 2.24) is 14.7 Å². The van der Waals surface area contributed by atoms with E-state index in [1.54, 1.807) is 0 Å². The Morgan fingerprint density at radius 3 is 2.61 bits per heavy atom. The molecule has 0 unspecified atom stereocenters. The number of rotatable bonds is 5. The van der Waals surface area contributed by atoms with E-state index in [1.165, 1.54) is 5.56 Å². The van der Waals surface area contributed by atoms with Gasteiger partial charge in [0.05, 0.1) is 18.0 Å². The molecule has 1 amide bonds. The molecule has 1 N–H and O–H groups in total. The number of aromatic nitrogens is 2. The summed E-state index contributed by atoms with van der Waals surface area (Å²) in [6.07, 6.45) is 3.65. The Hall–Kier alpha value is -2.92. The number of hydrogen-bond donors (Lipinski definition) is 1. The van der Waals surface area contributed by atoms with Crippen molar-refractivity contribution in [2.24, 2.45) is 5.41 Å². The molecule has 2 bridgehead atoms. The molecule has 5 rings (SSSR count). The summed E-state index contributed by atoms with van der Waals surface area (Å²) in [6.45, 7) is 4.11. The second-order valence-electron chi connectivity index (χ2n) is 9.24. The molecular formula is C26H29N3O2. The van der Waals surface area contributed by atoms with Gasteiger partial charge in [0.25, 0.3) is 5.91 Å². The molecule has 2 fully saturated rings. The smallest absolute Gasteiger partial charge is 0.254 e. The van der Waals surface area contributed by atoms with Gasteiger partial charge in [-0.25, -0.2) is 4.68 Å². The minimum atomic E-state index is -0.257. The summed E-state index contributed by atoms with van der Waals surface area (Å²) < 4.78 is 1.89. The number of amides is 1. The second-order valence-corrected chi connectivity index (χ2v) is 9.24. The van der Waals surface area contributed by atoms with Gasteiger partial charge >= 0.3 is 0 Å². The Labute approximate surface area is 183 Å². The summed E-state index contributed by atoms with van der Waals surface area (Å²) in [5, 5.41) is 15.0. The van der Waals surface area contributed by atoms with E-state index in [-0.39, 0.29) is 30.0 Å². The van der Waals surface area contributed by atoms with Crippen LogP contribution in [0.1, 0.15) is 46.6 Å². The van der Waals surface area contributed by atoms with Crippen LogP contribution in [-0.2, 0) is 6.42 Å². The molecule has 0 saturated carbocycles. The zero-order valence-electron chi connectivity index (χ0n) is 18.2. The standard InChI is InChI=1S/C26H29N3O2/c1-18-13-19(2)29(27-18)22-10-6-9-21(14-22)25(31)28-23-11-12-24(28)26(16-23,17-30)15-20-7-4-3-5-8-20/h3-10,13-14,23-24,30H,11-12,15-17H2,1-2H3/t23-,24+,26-/m0/s1. The largest absolute Gasteiger partial charge is 0.396 e. The summed E-state index contributed by atoms with van der Waals surface area (Å²) >= 11 is 0. The average Bonchev–Trinajstić information content (AvgIpc) is 3.45. The SMILES string of the molecule is Cc1cc(C)n(-c2cccc(C(=O)N3[C@H]4CC[C@@H]3[C@@](CO)(Cc3ccccc3)C4)c2)n1. The summed E-state index contributed by atoms with van der Waals surface area (Å²) in [6, 6.07) is 20.4. The van der Waals surface area contributed by atoms with Gasteiger partial charge < -0.3 is 10.0 Å². The fourth-order valence-electron chi connectivity index (χ4n) is 5.83. The molecule has 31 heavy (non-hydrogen) atoms. The van der Waals surface area contributed by atoms with Gasteiger partial charge in [0, 0.05) is 28.8 Å². The Morgan fingerprint density at radius 2 is 1.90 bits per heavy atom. The Balaban J connectivity index is 1.44. The van der Waals surface area contributed by atoms with E-state index in [4.69, 9.17) is 0 Å². The molecule has 3 aromatic rings. The summed E-state index contributed by atoms with van der Waals surface area (Å²) in [5.74, 6) is 0.0688. The summed E-state index contributed by atoms with van der Waals surface area (Å²) in [5.41, 5.74) is 4.57. The number of fused-ring (bicyclic) bond motifs is 2. The Morgan fingerprint density at radius 1 is 1.10 bits per heavy atom. The molecule has 3 heterocycles. The predicted molar refractivity (Wildman–Crippen MR) is 120 cm³/mol. The molecule has 0 radical (unpaired) electrons. The van der Waals surface area contributed by atoms with Crippen molar-refractivity contribution in [3.05, 3.63) is 83.2 Å². The van der Waals surface area contributed by atoms with Gasteiger partial charge in [-0.3, -0.25) is 4.79 Å². The van der Waals surface area contributed by atoms with Crippen LogP contribution in [-0.4, -0.2) is 44.4 Å². The highest BCUT2D eigenvalue weighted by Crippen LogP contribution is 2.51. The Bertz CT molecular complexity index is 1110. The number of nitrogens with zero attached hydrogens (tertiary/aromatic N) is 3. The van der Waals surface area contributed by atoms with E-state index in [1.807, 2.05) is 67.1 Å². The van der Waals surface area contributed by atoms with Crippen LogP contribution in [0.4, 0.5) is 0 Å². The molecule has 5 heteroatoms. The molecule has 2 saturated heterocycles. The molecule has 3 atom stereocenters. The summed E-state index contributed by atoms with van der Waals surface area (Å²) in [4.78, 5) is 15.7. The minimum Gasteiger partial charge on any atom is -0.396 e. The highest BCUT2D eigenvalue weighted by molar-refractivity contribution is 5.95. The molecule has 2 aliphatic rings. The first-order chi connectivity index (χ1) is 15.0. The molecule has 160 valence electrons. The molecule has 0 aliphatic carbocycles. The van der Waals surface area contributed by atoms with Crippen molar-refractivity contribution >= 4 is 5.91 Å². The van der Waals surface area contributed by atoms with Crippen molar-refractivity contribution in [3.8, 4) is 5.69 Å². The third-order valence-electron chi connectivity index (χ3n) is 7.15. The number of benzene rings is 2. The number of aryl methyl sites for hydroxylation is 2. The third kappa shape index (κ3) is 3.37. The number of carbonyl (C=O) groups excluding carboxylic acids is 1. The lowest BCUT2D eigenvalue weighted by Crippen LogP contribution is -2.44. The lowest BCUT2D eigenvalue weighted by atomic mass is 9.70.